The van der Waals surface area contributed by atoms with Crippen LogP contribution >= 0.6 is 0 Å². The van der Waals surface area contributed by atoms with Gasteiger partial charge in [0.15, 0.2) is 0 Å². The van der Waals surface area contributed by atoms with Crippen LogP contribution in [0.25, 0.3) is 22.3 Å². The number of rotatable bonds is 24. The molecule has 6 rings (SSSR count). The number of ether oxygens (including phenoxy) is 1. The average Bonchev–Trinajstić information content (AvgIpc) is 3.44. The van der Waals surface area contributed by atoms with Crippen LogP contribution in [0.5, 0.6) is 0 Å². The molecule has 12 heteroatoms. The number of aryl methyl sites for hydroxylation is 6. The minimum Gasteiger partial charge on any atom is -0.870 e. The summed E-state index contributed by atoms with van der Waals surface area (Å²) in [6.45, 7) is 26.0. The molecule has 0 saturated carbocycles. The van der Waals surface area contributed by atoms with Crippen molar-refractivity contribution >= 4 is 11.9 Å². The van der Waals surface area contributed by atoms with Gasteiger partial charge in [0.1, 0.15) is 0 Å². The summed E-state index contributed by atoms with van der Waals surface area (Å²) in [7, 11) is 2.41. The minimum absolute atomic E-state index is 0. The zero-order chi connectivity index (χ0) is 57.1. The van der Waals surface area contributed by atoms with E-state index in [0.29, 0.717) is 5.56 Å². The number of carbonyl (C=O) groups excluding carboxylic acids is 1. The fourth-order valence-corrected chi connectivity index (χ4v) is 11.4. The van der Waals surface area contributed by atoms with Gasteiger partial charge in [0.05, 0.1) is 31.2 Å². The number of carbonyl (C=O) groups is 2. The number of pyridine rings is 2. The molecule has 11 nitrogen and oxygen atoms in total. The van der Waals surface area contributed by atoms with E-state index in [1.807, 2.05) is 18.3 Å². The number of aromatic nitrogens is 2. The molecule has 0 spiro atoms. The van der Waals surface area contributed by atoms with E-state index in [-0.39, 0.29) is 70.2 Å². The minimum atomic E-state index is -0.852. The van der Waals surface area contributed by atoms with Gasteiger partial charge in [-0.2, -0.15) is 0 Å². The van der Waals surface area contributed by atoms with Crippen LogP contribution in [0.4, 0.5) is 0 Å². The number of nitrogens with zero attached hydrogens (tertiary/aromatic N) is 2. The Balaban J connectivity index is 0.000000749. The Labute approximate surface area is 502 Å². The van der Waals surface area contributed by atoms with Crippen molar-refractivity contribution in [1.29, 1.82) is 0 Å². The van der Waals surface area contributed by atoms with Gasteiger partial charge in [0.25, 0.3) is 0 Å². The fraction of sp³-hybridized carbons (Fsp3) is 0.471. The first-order valence-corrected chi connectivity index (χ1v) is 28.2. The number of aliphatic hydroxyl groups is 3. The molecule has 0 radical (unpaired) electrons. The summed E-state index contributed by atoms with van der Waals surface area (Å²) in [6, 6.07) is 31.2. The molecule has 0 aliphatic heterocycles. The van der Waals surface area contributed by atoms with Crippen LogP contribution in [0.1, 0.15) is 186 Å². The van der Waals surface area contributed by atoms with Crippen LogP contribution in [-0.4, -0.2) is 78.7 Å². The molecule has 0 saturated heterocycles. The molecule has 4 aromatic carbocycles. The van der Waals surface area contributed by atoms with E-state index in [1.165, 1.54) is 57.2 Å². The number of carboxylic acid groups (broad SMARTS) is 1. The van der Waals surface area contributed by atoms with Gasteiger partial charge in [-0.3, -0.25) is 19.6 Å². The van der Waals surface area contributed by atoms with E-state index in [0.717, 1.165) is 118 Å². The van der Waals surface area contributed by atoms with Crippen molar-refractivity contribution in [2.24, 2.45) is 0 Å². The first-order valence-electron chi connectivity index (χ1n) is 28.2. The van der Waals surface area contributed by atoms with Crippen LogP contribution in [0.2, 0.25) is 0 Å². The third-order valence-electron chi connectivity index (χ3n) is 17.3. The number of hydrogen-bond acceptors (Lipinski definition) is 9. The predicted molar refractivity (Wildman–Crippen MR) is 322 cm³/mol. The molecule has 2 heterocycles. The number of carboxylic acids is 1. The second-order valence-corrected chi connectivity index (χ2v) is 21.3. The number of esters is 1. The summed E-state index contributed by atoms with van der Waals surface area (Å²) < 4.78 is 4.82. The quantitative estimate of drug-likeness (QED) is 0.0333. The summed E-state index contributed by atoms with van der Waals surface area (Å²) in [4.78, 5) is 31.6. The van der Waals surface area contributed by atoms with Gasteiger partial charge in [-0.1, -0.05) is 128 Å². The third kappa shape index (κ3) is 18.0. The number of methoxy groups -OCH3 is 1. The fourth-order valence-electron chi connectivity index (χ4n) is 11.4. The first-order chi connectivity index (χ1) is 36.8. The monoisotopic (exact) mass is 1110 g/mol. The van der Waals surface area contributed by atoms with E-state index in [4.69, 9.17) is 14.9 Å². The molecule has 0 bridgehead atoms. The van der Waals surface area contributed by atoms with E-state index >= 15 is 0 Å². The van der Waals surface area contributed by atoms with Crippen molar-refractivity contribution in [3.63, 3.8) is 0 Å². The largest absolute Gasteiger partial charge is 1.00 e. The standard InChI is InChI=1S/C34H45NO3.C33H43NO3.CH4O.Na.2H2O/c1-8-33(37,9-2)17-16-27-12-13-29(18-24(27)5)34(10-3,11-4)30-14-15-31(25(6)19-30)28-20-26(22-35-23-28)21-32(36)38-7;1-7-32(37,8-2)16-15-26-11-12-28(17-23(26)5)33(9-3,10-4)29-13-14-30(24(6)18-29)27-19-25(20-31(35)36)21-34-22-27;1-2;;;/h12-15,18-20,22-23,37H,8-11,16-17,21H2,1-7H3;11-14,17-19,21-22,37H,7-10,15-16,20H2,1-6H3,(H,35,36);2H,1H3;;2*1H2/q;;;+1;;/p-1. The van der Waals surface area contributed by atoms with Crippen LogP contribution in [-0.2, 0) is 50.8 Å². The Morgan fingerprint density at radius 3 is 1.10 bits per heavy atom. The molecule has 2 aromatic heterocycles. The van der Waals surface area contributed by atoms with Crippen molar-refractivity contribution in [3.05, 3.63) is 176 Å². The van der Waals surface area contributed by atoms with Crippen molar-refractivity contribution in [1.82, 2.24) is 9.97 Å². The van der Waals surface area contributed by atoms with Crippen molar-refractivity contribution in [3.8, 4) is 22.3 Å². The van der Waals surface area contributed by atoms with Gasteiger partial charge in [0, 0.05) is 53.9 Å². The van der Waals surface area contributed by atoms with Crippen LogP contribution < -0.4 is 29.6 Å². The smallest absolute Gasteiger partial charge is 0.870 e. The number of aliphatic hydroxyl groups excluding tert-OH is 1. The Bertz CT molecular complexity index is 2870. The molecule has 0 atom stereocenters. The maximum atomic E-state index is 11.7. The Kier molecular flexibility index (Phi) is 30.8. The molecule has 0 fully saturated rings. The molecular formula is C68H95N2NaO9. The normalized spacial score (nSPS) is 11.4. The predicted octanol–water partition coefficient (Wildman–Crippen LogP) is 10.9. The van der Waals surface area contributed by atoms with Gasteiger partial charge in [0.2, 0.25) is 0 Å². The summed E-state index contributed by atoms with van der Waals surface area (Å²) in [5, 5.41) is 37.7. The maximum absolute atomic E-state index is 11.7. The van der Waals surface area contributed by atoms with E-state index in [2.05, 4.69) is 166 Å². The topological polar surface area (TPSA) is 212 Å². The first kappa shape index (κ1) is 72.9. The molecule has 6 aromatic rings. The zero-order valence-electron chi connectivity index (χ0n) is 51.1. The van der Waals surface area contributed by atoms with Crippen LogP contribution in [0, 0.1) is 27.7 Å². The number of aliphatic carboxylic acids is 1. The second-order valence-electron chi connectivity index (χ2n) is 21.3. The van der Waals surface area contributed by atoms with E-state index in [9.17, 15) is 19.8 Å². The second kappa shape index (κ2) is 33.7. The Hall–Kier alpha value is -5.08. The SMILES string of the molecule is CCC(O)(CC)CCc1ccc(C(CC)(CC)c2ccc(-c3cncc(CC(=O)O)c3)c(C)c2)cc1C.CCC(O)(CC)CCc1ccc(C(CC)(CC)c2ccc(-c3cncc(CC(=O)OC)c3)c(C)c2)cc1C.CO.O.[Na+].[OH-]. The maximum Gasteiger partial charge on any atom is 1.00 e. The molecule has 0 amide bonds. The number of benzene rings is 4. The van der Waals surface area contributed by atoms with Gasteiger partial charge in [-0.05, 0) is 195 Å². The van der Waals surface area contributed by atoms with Gasteiger partial charge < -0.3 is 36.1 Å². The summed E-state index contributed by atoms with van der Waals surface area (Å²) in [6.07, 6.45) is 17.7. The molecule has 80 heavy (non-hydrogen) atoms. The molecule has 0 aliphatic carbocycles. The van der Waals surface area contributed by atoms with Crippen LogP contribution in [0.15, 0.2) is 110 Å². The van der Waals surface area contributed by atoms with Gasteiger partial charge in [-0.25, -0.2) is 0 Å². The molecule has 7 N–H and O–H groups in total. The van der Waals surface area contributed by atoms with Crippen LogP contribution in [0.3, 0.4) is 0 Å². The van der Waals surface area contributed by atoms with E-state index < -0.39 is 17.2 Å². The van der Waals surface area contributed by atoms with E-state index in [1.54, 1.807) is 18.6 Å². The van der Waals surface area contributed by atoms with Crippen molar-refractivity contribution < 1.29 is 75.3 Å². The average molecular weight is 1110 g/mol. The third-order valence-corrected chi connectivity index (χ3v) is 17.3. The molecule has 432 valence electrons. The summed E-state index contributed by atoms with van der Waals surface area (Å²) in [5.74, 6) is -1.12. The Morgan fingerprint density at radius 1 is 0.487 bits per heavy atom. The molecular weight excluding hydrogens is 1010 g/mol. The number of hydrogen-bond donors (Lipinski definition) is 4. The summed E-state index contributed by atoms with van der Waals surface area (Å²) in [5.41, 5.74) is 17.2. The summed E-state index contributed by atoms with van der Waals surface area (Å²) >= 11 is 0. The molecule has 0 aliphatic rings. The van der Waals surface area contributed by atoms with Gasteiger partial charge in [-0.15, -0.1) is 0 Å². The zero-order valence-corrected chi connectivity index (χ0v) is 53.1. The molecule has 0 unspecified atom stereocenters. The van der Waals surface area contributed by atoms with Gasteiger partial charge >= 0.3 is 41.5 Å². The van der Waals surface area contributed by atoms with Crippen molar-refractivity contribution in [2.75, 3.05) is 14.2 Å². The van der Waals surface area contributed by atoms with Crippen molar-refractivity contribution in [2.45, 2.75) is 195 Å². The Morgan fingerprint density at radius 2 is 0.812 bits per heavy atom.